The third-order valence-electron chi connectivity index (χ3n) is 2.05. The van der Waals surface area contributed by atoms with Crippen molar-refractivity contribution in [1.29, 1.82) is 0 Å². The number of halogens is 2. The van der Waals surface area contributed by atoms with Gasteiger partial charge in [0.15, 0.2) is 5.96 Å². The molecule has 1 aromatic carbocycles. The number of benzene rings is 1. The largest absolute Gasteiger partial charge is 0.370 e. The van der Waals surface area contributed by atoms with Crippen LogP contribution in [0, 0.1) is 0 Å². The molecule has 0 radical (unpaired) electrons. The molecule has 0 saturated carbocycles. The van der Waals surface area contributed by atoms with Gasteiger partial charge in [-0.3, -0.25) is 4.99 Å². The van der Waals surface area contributed by atoms with Crippen LogP contribution in [0.4, 0.5) is 0 Å². The number of guanidine groups is 1. The van der Waals surface area contributed by atoms with Crippen LogP contribution in [0.5, 0.6) is 0 Å². The molecule has 74 valence electrons. The van der Waals surface area contributed by atoms with Crippen molar-refractivity contribution in [2.45, 2.75) is 6.04 Å². The molecule has 5 heteroatoms. The SMILES string of the molecule is NC1=NCC(c2cc(Br)cc(Br)c2)N1. The number of nitrogens with two attached hydrogens (primary N) is 1. The molecule has 1 heterocycles. The molecular weight excluding hydrogens is 310 g/mol. The summed E-state index contributed by atoms with van der Waals surface area (Å²) in [6.07, 6.45) is 0. The van der Waals surface area contributed by atoms with Crippen LogP contribution in [-0.4, -0.2) is 12.5 Å². The first kappa shape index (κ1) is 9.98. The molecule has 14 heavy (non-hydrogen) atoms. The third kappa shape index (κ3) is 2.09. The standard InChI is InChI=1S/C9H9Br2N3/c10-6-1-5(2-7(11)3-6)8-4-13-9(12)14-8/h1-3,8H,4H2,(H3,12,13,14). The van der Waals surface area contributed by atoms with E-state index in [9.17, 15) is 0 Å². The first-order valence-corrected chi connectivity index (χ1v) is 5.76. The van der Waals surface area contributed by atoms with Gasteiger partial charge in [0.2, 0.25) is 0 Å². The second-order valence-electron chi connectivity index (χ2n) is 3.13. The first-order chi connectivity index (χ1) is 6.65. The summed E-state index contributed by atoms with van der Waals surface area (Å²) in [5, 5.41) is 3.11. The molecular formula is C9H9Br2N3. The van der Waals surface area contributed by atoms with E-state index in [0.29, 0.717) is 12.5 Å². The molecule has 1 aromatic rings. The Bertz CT molecular complexity index is 369. The molecule has 0 saturated heterocycles. The minimum atomic E-state index is 0.198. The summed E-state index contributed by atoms with van der Waals surface area (Å²) in [6, 6.07) is 6.33. The summed E-state index contributed by atoms with van der Waals surface area (Å²) < 4.78 is 2.10. The lowest BCUT2D eigenvalue weighted by Crippen LogP contribution is -2.29. The van der Waals surface area contributed by atoms with E-state index in [1.54, 1.807) is 0 Å². The van der Waals surface area contributed by atoms with Crippen molar-refractivity contribution in [3.63, 3.8) is 0 Å². The number of hydrogen-bond donors (Lipinski definition) is 2. The lowest BCUT2D eigenvalue weighted by molar-refractivity contribution is 0.707. The smallest absolute Gasteiger partial charge is 0.189 e. The van der Waals surface area contributed by atoms with Gasteiger partial charge in [0.05, 0.1) is 12.6 Å². The molecule has 0 spiro atoms. The summed E-state index contributed by atoms with van der Waals surface area (Å²) in [7, 11) is 0. The van der Waals surface area contributed by atoms with E-state index in [2.05, 4.69) is 54.3 Å². The van der Waals surface area contributed by atoms with E-state index in [4.69, 9.17) is 5.73 Å². The van der Waals surface area contributed by atoms with Crippen LogP contribution in [-0.2, 0) is 0 Å². The molecule has 0 amide bonds. The van der Waals surface area contributed by atoms with E-state index in [1.807, 2.05) is 6.07 Å². The maximum atomic E-state index is 5.55. The first-order valence-electron chi connectivity index (χ1n) is 4.17. The van der Waals surface area contributed by atoms with Crippen LogP contribution in [0.15, 0.2) is 32.1 Å². The van der Waals surface area contributed by atoms with Gasteiger partial charge in [-0.25, -0.2) is 0 Å². The zero-order chi connectivity index (χ0) is 10.1. The Balaban J connectivity index is 2.25. The monoisotopic (exact) mass is 317 g/mol. The average molecular weight is 319 g/mol. The fourth-order valence-electron chi connectivity index (χ4n) is 1.42. The highest BCUT2D eigenvalue weighted by molar-refractivity contribution is 9.11. The Labute approximate surface area is 99.0 Å². The van der Waals surface area contributed by atoms with Gasteiger partial charge in [0.25, 0.3) is 0 Å². The zero-order valence-corrected chi connectivity index (χ0v) is 10.5. The van der Waals surface area contributed by atoms with Crippen LogP contribution < -0.4 is 11.1 Å². The molecule has 1 atom stereocenters. The van der Waals surface area contributed by atoms with Gasteiger partial charge in [-0.2, -0.15) is 0 Å². The van der Waals surface area contributed by atoms with Crippen LogP contribution in [0.3, 0.4) is 0 Å². The van der Waals surface area contributed by atoms with Gasteiger partial charge in [-0.1, -0.05) is 31.9 Å². The van der Waals surface area contributed by atoms with Crippen molar-refractivity contribution >= 4 is 37.8 Å². The van der Waals surface area contributed by atoms with Crippen molar-refractivity contribution in [3.05, 3.63) is 32.7 Å². The van der Waals surface area contributed by atoms with Crippen LogP contribution in [0.1, 0.15) is 11.6 Å². The molecule has 1 unspecified atom stereocenters. The number of nitrogens with one attached hydrogen (secondary N) is 1. The Morgan fingerprint density at radius 2 is 1.93 bits per heavy atom. The van der Waals surface area contributed by atoms with Gasteiger partial charge in [-0.15, -0.1) is 0 Å². The predicted molar refractivity (Wildman–Crippen MR) is 64.2 cm³/mol. The van der Waals surface area contributed by atoms with Crippen molar-refractivity contribution in [2.24, 2.45) is 10.7 Å². The van der Waals surface area contributed by atoms with E-state index >= 15 is 0 Å². The van der Waals surface area contributed by atoms with Gasteiger partial charge in [-0.05, 0) is 23.8 Å². The fourth-order valence-corrected chi connectivity index (χ4v) is 2.75. The van der Waals surface area contributed by atoms with Crippen molar-refractivity contribution in [3.8, 4) is 0 Å². The number of hydrogen-bond acceptors (Lipinski definition) is 3. The van der Waals surface area contributed by atoms with Gasteiger partial charge < -0.3 is 11.1 Å². The maximum Gasteiger partial charge on any atom is 0.189 e. The topological polar surface area (TPSA) is 50.4 Å². The molecule has 0 aromatic heterocycles. The summed E-state index contributed by atoms with van der Waals surface area (Å²) in [6.45, 7) is 0.703. The minimum absolute atomic E-state index is 0.198. The van der Waals surface area contributed by atoms with Crippen LogP contribution >= 0.6 is 31.9 Å². The van der Waals surface area contributed by atoms with Crippen molar-refractivity contribution < 1.29 is 0 Å². The van der Waals surface area contributed by atoms with Gasteiger partial charge in [0.1, 0.15) is 0 Å². The van der Waals surface area contributed by atoms with Crippen LogP contribution in [0.2, 0.25) is 0 Å². The predicted octanol–water partition coefficient (Wildman–Crippen LogP) is 2.17. The number of aliphatic imine (C=N–C) groups is 1. The van der Waals surface area contributed by atoms with E-state index < -0.39 is 0 Å². The molecule has 1 aliphatic heterocycles. The van der Waals surface area contributed by atoms with E-state index in [-0.39, 0.29) is 6.04 Å². The lowest BCUT2D eigenvalue weighted by Gasteiger charge is -2.11. The summed E-state index contributed by atoms with van der Waals surface area (Å²) in [5.41, 5.74) is 6.73. The van der Waals surface area contributed by atoms with Crippen molar-refractivity contribution in [1.82, 2.24) is 5.32 Å². The molecule has 3 nitrogen and oxygen atoms in total. The summed E-state index contributed by atoms with van der Waals surface area (Å²) >= 11 is 6.90. The van der Waals surface area contributed by atoms with Crippen molar-refractivity contribution in [2.75, 3.05) is 6.54 Å². The Kier molecular flexibility index (Phi) is 2.78. The number of rotatable bonds is 1. The second kappa shape index (κ2) is 3.90. The zero-order valence-electron chi connectivity index (χ0n) is 7.30. The Hall–Kier alpha value is -0.550. The average Bonchev–Trinajstić information content (AvgIpc) is 2.50. The Morgan fingerprint density at radius 1 is 1.29 bits per heavy atom. The molecule has 0 bridgehead atoms. The highest BCUT2D eigenvalue weighted by Crippen LogP contribution is 2.25. The lowest BCUT2D eigenvalue weighted by atomic mass is 10.1. The highest BCUT2D eigenvalue weighted by atomic mass is 79.9. The van der Waals surface area contributed by atoms with E-state index in [1.165, 1.54) is 5.56 Å². The second-order valence-corrected chi connectivity index (χ2v) is 4.96. The summed E-state index contributed by atoms with van der Waals surface area (Å²) in [5.74, 6) is 0.520. The molecule has 0 fully saturated rings. The van der Waals surface area contributed by atoms with Gasteiger partial charge in [0, 0.05) is 8.95 Å². The van der Waals surface area contributed by atoms with Crippen LogP contribution in [0.25, 0.3) is 0 Å². The molecule has 0 aliphatic carbocycles. The molecule has 2 rings (SSSR count). The quantitative estimate of drug-likeness (QED) is 0.833. The maximum absolute atomic E-state index is 5.55. The fraction of sp³-hybridized carbons (Fsp3) is 0.222. The minimum Gasteiger partial charge on any atom is -0.370 e. The number of nitrogens with zero attached hydrogens (tertiary/aromatic N) is 1. The van der Waals surface area contributed by atoms with Gasteiger partial charge >= 0.3 is 0 Å². The molecule has 1 aliphatic rings. The normalized spacial score (nSPS) is 20.4. The molecule has 3 N–H and O–H groups in total. The summed E-state index contributed by atoms with van der Waals surface area (Å²) in [4.78, 5) is 4.11. The highest BCUT2D eigenvalue weighted by Gasteiger charge is 2.17. The third-order valence-corrected chi connectivity index (χ3v) is 2.97. The Morgan fingerprint density at radius 3 is 2.43 bits per heavy atom. The van der Waals surface area contributed by atoms with E-state index in [0.717, 1.165) is 8.95 Å².